The van der Waals surface area contributed by atoms with E-state index in [4.69, 9.17) is 12.2 Å². The molecule has 0 atom stereocenters. The fourth-order valence-electron chi connectivity index (χ4n) is 2.28. The molecule has 1 aromatic heterocycles. The van der Waals surface area contributed by atoms with Crippen molar-refractivity contribution in [1.29, 1.82) is 0 Å². The second-order valence-electron chi connectivity index (χ2n) is 5.85. The van der Waals surface area contributed by atoms with Crippen LogP contribution in [0.2, 0.25) is 0 Å². The van der Waals surface area contributed by atoms with Gasteiger partial charge in [0.1, 0.15) is 0 Å². The van der Waals surface area contributed by atoms with Gasteiger partial charge in [-0.2, -0.15) is 5.10 Å². The van der Waals surface area contributed by atoms with Gasteiger partial charge in [-0.25, -0.2) is 4.68 Å². The van der Waals surface area contributed by atoms with E-state index >= 15 is 0 Å². The molecule has 0 unspecified atom stereocenters. The van der Waals surface area contributed by atoms with Crippen LogP contribution in [0.4, 0.5) is 0 Å². The Labute approximate surface area is 137 Å². The third-order valence-corrected chi connectivity index (χ3v) is 3.83. The number of aryl methyl sites for hydroxylation is 1. The SMILES string of the molecule is Cc1nn(-c2ccccc2)c(C)c1CNC(=S)NCC(C)C. The van der Waals surface area contributed by atoms with Crippen LogP contribution in [0.1, 0.15) is 30.8 Å². The Balaban J connectivity index is 2.06. The molecule has 5 heteroatoms. The van der Waals surface area contributed by atoms with Gasteiger partial charge in [0.15, 0.2) is 5.11 Å². The van der Waals surface area contributed by atoms with Crippen LogP contribution in [-0.2, 0) is 6.54 Å². The van der Waals surface area contributed by atoms with Crippen molar-refractivity contribution in [2.75, 3.05) is 6.54 Å². The highest BCUT2D eigenvalue weighted by Gasteiger charge is 2.12. The first kappa shape index (κ1) is 16.5. The van der Waals surface area contributed by atoms with E-state index in [0.717, 1.165) is 23.6 Å². The summed E-state index contributed by atoms with van der Waals surface area (Å²) >= 11 is 5.31. The van der Waals surface area contributed by atoms with Crippen molar-refractivity contribution in [2.24, 2.45) is 5.92 Å². The van der Waals surface area contributed by atoms with Crippen LogP contribution in [0.3, 0.4) is 0 Å². The number of nitrogens with one attached hydrogen (secondary N) is 2. The average molecular weight is 316 g/mol. The van der Waals surface area contributed by atoms with E-state index in [1.165, 1.54) is 5.56 Å². The Morgan fingerprint density at radius 1 is 1.18 bits per heavy atom. The molecule has 1 aromatic carbocycles. The molecule has 2 aromatic rings. The molecule has 2 rings (SSSR count). The number of benzene rings is 1. The van der Waals surface area contributed by atoms with Gasteiger partial charge < -0.3 is 10.6 Å². The molecule has 118 valence electrons. The maximum Gasteiger partial charge on any atom is 0.166 e. The van der Waals surface area contributed by atoms with Crippen molar-refractivity contribution in [3.8, 4) is 5.69 Å². The lowest BCUT2D eigenvalue weighted by molar-refractivity contribution is 0.619. The fourth-order valence-corrected chi connectivity index (χ4v) is 2.43. The highest BCUT2D eigenvalue weighted by atomic mass is 32.1. The molecule has 0 fully saturated rings. The number of aromatic nitrogens is 2. The Morgan fingerprint density at radius 2 is 1.86 bits per heavy atom. The van der Waals surface area contributed by atoms with Crippen molar-refractivity contribution in [3.05, 3.63) is 47.3 Å². The van der Waals surface area contributed by atoms with E-state index < -0.39 is 0 Å². The molecular formula is C17H24N4S. The van der Waals surface area contributed by atoms with Gasteiger partial charge in [0.05, 0.1) is 11.4 Å². The normalized spacial score (nSPS) is 10.8. The monoisotopic (exact) mass is 316 g/mol. The van der Waals surface area contributed by atoms with Crippen molar-refractivity contribution in [1.82, 2.24) is 20.4 Å². The smallest absolute Gasteiger partial charge is 0.166 e. The fraction of sp³-hybridized carbons (Fsp3) is 0.412. The minimum atomic E-state index is 0.573. The molecule has 0 bridgehead atoms. The van der Waals surface area contributed by atoms with Crippen molar-refractivity contribution in [3.63, 3.8) is 0 Å². The van der Waals surface area contributed by atoms with Crippen LogP contribution in [0.15, 0.2) is 30.3 Å². The molecule has 0 amide bonds. The summed E-state index contributed by atoms with van der Waals surface area (Å²) in [4.78, 5) is 0. The highest BCUT2D eigenvalue weighted by molar-refractivity contribution is 7.80. The standard InChI is InChI=1S/C17H24N4S/c1-12(2)10-18-17(22)19-11-16-13(3)20-21(14(16)4)15-8-6-5-7-9-15/h5-9,12H,10-11H2,1-4H3,(H2,18,19,22). The average Bonchev–Trinajstić information content (AvgIpc) is 2.79. The zero-order valence-corrected chi connectivity index (χ0v) is 14.5. The van der Waals surface area contributed by atoms with Gasteiger partial charge in [0.25, 0.3) is 0 Å². The van der Waals surface area contributed by atoms with Crippen LogP contribution in [0, 0.1) is 19.8 Å². The first-order valence-corrected chi connectivity index (χ1v) is 8.02. The summed E-state index contributed by atoms with van der Waals surface area (Å²) < 4.78 is 1.98. The van der Waals surface area contributed by atoms with Crippen molar-refractivity contribution in [2.45, 2.75) is 34.2 Å². The largest absolute Gasteiger partial charge is 0.362 e. The zero-order chi connectivity index (χ0) is 16.1. The maximum atomic E-state index is 5.31. The molecule has 0 aliphatic rings. The van der Waals surface area contributed by atoms with E-state index in [1.54, 1.807) is 0 Å². The van der Waals surface area contributed by atoms with Gasteiger partial charge in [0, 0.05) is 24.3 Å². The second-order valence-corrected chi connectivity index (χ2v) is 6.26. The predicted octanol–water partition coefficient (Wildman–Crippen LogP) is 3.11. The number of hydrogen-bond donors (Lipinski definition) is 2. The lowest BCUT2D eigenvalue weighted by Gasteiger charge is -2.12. The quantitative estimate of drug-likeness (QED) is 0.832. The van der Waals surface area contributed by atoms with E-state index in [9.17, 15) is 0 Å². The van der Waals surface area contributed by atoms with Crippen LogP contribution in [0.25, 0.3) is 5.69 Å². The summed E-state index contributed by atoms with van der Waals surface area (Å²) in [5.74, 6) is 0.573. The molecule has 0 saturated heterocycles. The van der Waals surface area contributed by atoms with E-state index in [1.807, 2.05) is 29.8 Å². The highest BCUT2D eigenvalue weighted by Crippen LogP contribution is 2.17. The molecule has 0 saturated carbocycles. The third-order valence-electron chi connectivity index (χ3n) is 3.54. The van der Waals surface area contributed by atoms with E-state index in [2.05, 4.69) is 48.6 Å². The maximum absolute atomic E-state index is 5.31. The van der Waals surface area contributed by atoms with Crippen LogP contribution >= 0.6 is 12.2 Å². The summed E-state index contributed by atoms with van der Waals surface area (Å²) in [5, 5.41) is 11.8. The van der Waals surface area contributed by atoms with Crippen LogP contribution < -0.4 is 10.6 Å². The Kier molecular flexibility index (Phi) is 5.55. The first-order chi connectivity index (χ1) is 10.5. The summed E-state index contributed by atoms with van der Waals surface area (Å²) in [6.07, 6.45) is 0. The molecule has 0 radical (unpaired) electrons. The molecule has 0 aliphatic heterocycles. The van der Waals surface area contributed by atoms with Gasteiger partial charge in [-0.1, -0.05) is 32.0 Å². The van der Waals surface area contributed by atoms with Crippen LogP contribution in [-0.4, -0.2) is 21.4 Å². The van der Waals surface area contributed by atoms with Gasteiger partial charge >= 0.3 is 0 Å². The Morgan fingerprint density at radius 3 is 2.50 bits per heavy atom. The van der Waals surface area contributed by atoms with Gasteiger partial charge in [-0.05, 0) is 44.1 Å². The third kappa shape index (κ3) is 4.07. The minimum Gasteiger partial charge on any atom is -0.362 e. The van der Waals surface area contributed by atoms with E-state index in [0.29, 0.717) is 17.6 Å². The molecule has 22 heavy (non-hydrogen) atoms. The number of thiocarbonyl (C=S) groups is 1. The Bertz CT molecular complexity index is 632. The van der Waals surface area contributed by atoms with Gasteiger partial charge in [-0.15, -0.1) is 0 Å². The Hall–Kier alpha value is -1.88. The number of para-hydroxylation sites is 1. The molecule has 4 nitrogen and oxygen atoms in total. The minimum absolute atomic E-state index is 0.573. The second kappa shape index (κ2) is 7.40. The zero-order valence-electron chi connectivity index (χ0n) is 13.7. The molecule has 0 aliphatic carbocycles. The lowest BCUT2D eigenvalue weighted by Crippen LogP contribution is -2.36. The summed E-state index contributed by atoms with van der Waals surface area (Å²) in [7, 11) is 0. The van der Waals surface area contributed by atoms with Crippen molar-refractivity contribution < 1.29 is 0 Å². The molecular weight excluding hydrogens is 292 g/mol. The molecule has 0 spiro atoms. The first-order valence-electron chi connectivity index (χ1n) is 7.61. The molecule has 2 N–H and O–H groups in total. The number of nitrogens with zero attached hydrogens (tertiary/aromatic N) is 2. The molecule has 1 heterocycles. The van der Waals surface area contributed by atoms with Gasteiger partial charge in [0.2, 0.25) is 0 Å². The lowest BCUT2D eigenvalue weighted by atomic mass is 10.2. The topological polar surface area (TPSA) is 41.9 Å². The van der Waals surface area contributed by atoms with Crippen molar-refractivity contribution >= 4 is 17.3 Å². The summed E-state index contributed by atoms with van der Waals surface area (Å²) in [5.41, 5.74) is 4.44. The number of hydrogen-bond acceptors (Lipinski definition) is 2. The predicted molar refractivity (Wildman–Crippen MR) is 95.3 cm³/mol. The summed E-state index contributed by atoms with van der Waals surface area (Å²) in [6, 6.07) is 10.2. The number of rotatable bonds is 5. The van der Waals surface area contributed by atoms with Gasteiger partial charge in [-0.3, -0.25) is 0 Å². The van der Waals surface area contributed by atoms with Crippen LogP contribution in [0.5, 0.6) is 0 Å². The van der Waals surface area contributed by atoms with E-state index in [-0.39, 0.29) is 0 Å². The summed E-state index contributed by atoms with van der Waals surface area (Å²) in [6.45, 7) is 10.0.